The van der Waals surface area contributed by atoms with Crippen LogP contribution in [0.3, 0.4) is 0 Å². The van der Waals surface area contributed by atoms with E-state index in [1.54, 1.807) is 0 Å². The Kier molecular flexibility index (Phi) is 3.67. The van der Waals surface area contributed by atoms with Gasteiger partial charge in [-0.25, -0.2) is 18.2 Å². The van der Waals surface area contributed by atoms with Crippen molar-refractivity contribution in [2.75, 3.05) is 0 Å². The van der Waals surface area contributed by atoms with E-state index in [-0.39, 0.29) is 6.20 Å². The Morgan fingerprint density at radius 3 is 2.25 bits per heavy atom. The first kappa shape index (κ1) is 13.1. The van der Waals surface area contributed by atoms with Crippen LogP contribution < -0.4 is 0 Å². The molecule has 1 aromatic heterocycles. The molecule has 0 aromatic carbocycles. The van der Waals surface area contributed by atoms with Crippen molar-refractivity contribution in [2.24, 2.45) is 0 Å². The molecule has 0 radical (unpaired) electrons. The molecule has 0 amide bonds. The monoisotopic (exact) mass is 263 g/mol. The summed E-state index contributed by atoms with van der Waals surface area (Å²) in [6.07, 6.45) is -8.33. The Hall–Kier alpha value is -0.980. The summed E-state index contributed by atoms with van der Waals surface area (Å²) in [5.41, 5.74) is -4.18. The minimum atomic E-state index is -5.07. The third kappa shape index (κ3) is 2.40. The third-order valence-electron chi connectivity index (χ3n) is 1.80. The standard InChI is InChI=1S/C8H4ClF6N/c9-1-3-4(10)2-16-6(8(13,14)15)5(3)7(11)12/h2,7H,1H2. The zero-order chi connectivity index (χ0) is 12.5. The number of hydrogen-bond donors (Lipinski definition) is 0. The number of nitrogens with zero attached hydrogens (tertiary/aromatic N) is 1. The number of alkyl halides is 6. The van der Waals surface area contributed by atoms with Crippen LogP contribution in [0.2, 0.25) is 0 Å². The lowest BCUT2D eigenvalue weighted by Crippen LogP contribution is -2.15. The molecule has 0 bridgehead atoms. The molecule has 0 aliphatic heterocycles. The highest BCUT2D eigenvalue weighted by atomic mass is 35.5. The van der Waals surface area contributed by atoms with Gasteiger partial charge in [0.15, 0.2) is 5.69 Å². The fourth-order valence-electron chi connectivity index (χ4n) is 1.14. The zero-order valence-electron chi connectivity index (χ0n) is 7.45. The van der Waals surface area contributed by atoms with E-state index in [0.717, 1.165) is 0 Å². The van der Waals surface area contributed by atoms with Crippen LogP contribution in [0.25, 0.3) is 0 Å². The molecule has 0 aliphatic rings. The van der Waals surface area contributed by atoms with Crippen LogP contribution in [0.4, 0.5) is 26.3 Å². The zero-order valence-corrected chi connectivity index (χ0v) is 8.21. The molecule has 1 nitrogen and oxygen atoms in total. The van der Waals surface area contributed by atoms with Crippen molar-refractivity contribution < 1.29 is 26.3 Å². The SMILES string of the molecule is Fc1cnc(C(F)(F)F)c(C(F)F)c1CCl. The molecule has 0 unspecified atom stereocenters. The van der Waals surface area contributed by atoms with Gasteiger partial charge in [-0.15, -0.1) is 11.6 Å². The van der Waals surface area contributed by atoms with E-state index in [4.69, 9.17) is 11.6 Å². The maximum atomic E-state index is 12.9. The lowest BCUT2D eigenvalue weighted by molar-refractivity contribution is -0.143. The highest BCUT2D eigenvalue weighted by molar-refractivity contribution is 6.17. The van der Waals surface area contributed by atoms with Gasteiger partial charge in [-0.1, -0.05) is 0 Å². The van der Waals surface area contributed by atoms with Crippen molar-refractivity contribution in [1.82, 2.24) is 4.98 Å². The number of rotatable bonds is 2. The summed E-state index contributed by atoms with van der Waals surface area (Å²) in [4.78, 5) is 2.64. The van der Waals surface area contributed by atoms with Gasteiger partial charge < -0.3 is 0 Å². The molecule has 16 heavy (non-hydrogen) atoms. The summed E-state index contributed by atoms with van der Waals surface area (Å²) in [6.45, 7) is 0. The second kappa shape index (κ2) is 4.48. The summed E-state index contributed by atoms with van der Waals surface area (Å²) < 4.78 is 74.7. The van der Waals surface area contributed by atoms with Gasteiger partial charge in [0.2, 0.25) is 0 Å². The van der Waals surface area contributed by atoms with Crippen molar-refractivity contribution in [3.05, 3.63) is 28.8 Å². The van der Waals surface area contributed by atoms with E-state index in [0.29, 0.717) is 0 Å². The molecule has 8 heteroatoms. The second-order valence-corrected chi connectivity index (χ2v) is 3.05. The molecule has 0 spiro atoms. The molecular weight excluding hydrogens is 260 g/mol. The van der Waals surface area contributed by atoms with Crippen LogP contribution >= 0.6 is 11.6 Å². The first-order valence-electron chi connectivity index (χ1n) is 3.87. The van der Waals surface area contributed by atoms with Gasteiger partial charge in [-0.3, -0.25) is 0 Å². The van der Waals surface area contributed by atoms with Crippen molar-refractivity contribution in [3.8, 4) is 0 Å². The molecule has 0 fully saturated rings. The van der Waals surface area contributed by atoms with Crippen LogP contribution in [0.1, 0.15) is 23.2 Å². The molecule has 0 saturated heterocycles. The quantitative estimate of drug-likeness (QED) is 0.582. The number of aromatic nitrogens is 1. The first-order valence-corrected chi connectivity index (χ1v) is 4.41. The molecule has 1 rings (SSSR count). The number of halogens is 7. The highest BCUT2D eigenvalue weighted by Crippen LogP contribution is 2.37. The summed E-state index contributed by atoms with van der Waals surface area (Å²) in [5, 5.41) is 0. The lowest BCUT2D eigenvalue weighted by atomic mass is 10.1. The van der Waals surface area contributed by atoms with Crippen LogP contribution in [0, 0.1) is 5.82 Å². The molecule has 1 heterocycles. The molecule has 1 aromatic rings. The molecule has 0 atom stereocenters. The van der Waals surface area contributed by atoms with Gasteiger partial charge in [-0.05, 0) is 0 Å². The van der Waals surface area contributed by atoms with Crippen LogP contribution in [-0.2, 0) is 12.1 Å². The fourth-order valence-corrected chi connectivity index (χ4v) is 1.41. The first-order chi connectivity index (χ1) is 7.29. The smallest absolute Gasteiger partial charge is 0.248 e. The number of hydrogen-bond acceptors (Lipinski definition) is 1. The predicted molar refractivity (Wildman–Crippen MR) is 43.7 cm³/mol. The average molecular weight is 264 g/mol. The topological polar surface area (TPSA) is 12.9 Å². The Morgan fingerprint density at radius 2 is 1.88 bits per heavy atom. The number of pyridine rings is 1. The van der Waals surface area contributed by atoms with Crippen LogP contribution in [0.15, 0.2) is 6.20 Å². The summed E-state index contributed by atoms with van der Waals surface area (Å²) in [7, 11) is 0. The van der Waals surface area contributed by atoms with Crippen molar-refractivity contribution in [1.29, 1.82) is 0 Å². The Balaban J connectivity index is 3.52. The van der Waals surface area contributed by atoms with E-state index in [9.17, 15) is 26.3 Å². The minimum Gasteiger partial charge on any atom is -0.248 e. The Labute approximate surface area is 91.0 Å². The van der Waals surface area contributed by atoms with Crippen LogP contribution in [-0.4, -0.2) is 4.98 Å². The van der Waals surface area contributed by atoms with Gasteiger partial charge >= 0.3 is 6.18 Å². The normalized spacial score (nSPS) is 12.2. The minimum absolute atomic E-state index is 0.229. The molecule has 90 valence electrons. The summed E-state index contributed by atoms with van der Waals surface area (Å²) in [6, 6.07) is 0. The second-order valence-electron chi connectivity index (χ2n) is 2.78. The third-order valence-corrected chi connectivity index (χ3v) is 2.06. The van der Waals surface area contributed by atoms with Crippen LogP contribution in [0.5, 0.6) is 0 Å². The molecule has 0 saturated carbocycles. The maximum Gasteiger partial charge on any atom is 0.433 e. The summed E-state index contributed by atoms with van der Waals surface area (Å²) >= 11 is 5.14. The molecule has 0 aliphatic carbocycles. The highest BCUT2D eigenvalue weighted by Gasteiger charge is 2.39. The Bertz CT molecular complexity index is 389. The van der Waals surface area contributed by atoms with E-state index >= 15 is 0 Å². The predicted octanol–water partition coefficient (Wildman–Crippen LogP) is 3.92. The van der Waals surface area contributed by atoms with Gasteiger partial charge in [0, 0.05) is 5.56 Å². The van der Waals surface area contributed by atoms with Gasteiger partial charge in [-0.2, -0.15) is 13.2 Å². The van der Waals surface area contributed by atoms with E-state index in [2.05, 4.69) is 4.98 Å². The average Bonchev–Trinajstić information content (AvgIpc) is 2.14. The molecule has 0 N–H and O–H groups in total. The van der Waals surface area contributed by atoms with Gasteiger partial charge in [0.25, 0.3) is 6.43 Å². The fraction of sp³-hybridized carbons (Fsp3) is 0.375. The largest absolute Gasteiger partial charge is 0.433 e. The lowest BCUT2D eigenvalue weighted by Gasteiger charge is -2.14. The van der Waals surface area contributed by atoms with E-state index in [1.165, 1.54) is 0 Å². The van der Waals surface area contributed by atoms with Crippen molar-refractivity contribution >= 4 is 11.6 Å². The van der Waals surface area contributed by atoms with Gasteiger partial charge in [0.05, 0.1) is 17.6 Å². The van der Waals surface area contributed by atoms with Crippen molar-refractivity contribution in [3.63, 3.8) is 0 Å². The van der Waals surface area contributed by atoms with Gasteiger partial charge in [0.1, 0.15) is 5.82 Å². The summed E-state index contributed by atoms with van der Waals surface area (Å²) in [5.74, 6) is -2.06. The van der Waals surface area contributed by atoms with Crippen molar-refractivity contribution in [2.45, 2.75) is 18.5 Å². The molecular formula is C8H4ClF6N. The Morgan fingerprint density at radius 1 is 1.31 bits per heavy atom. The van der Waals surface area contributed by atoms with E-state index < -0.39 is 41.1 Å². The van der Waals surface area contributed by atoms with E-state index in [1.807, 2.05) is 0 Å². The maximum absolute atomic E-state index is 12.9.